The van der Waals surface area contributed by atoms with Gasteiger partial charge in [0.05, 0.1) is 15.5 Å². The zero-order valence-electron chi connectivity index (χ0n) is 13.6. The summed E-state index contributed by atoms with van der Waals surface area (Å²) in [7, 11) is 0. The van der Waals surface area contributed by atoms with E-state index < -0.39 is 23.4 Å². The number of benzene rings is 2. The molecular weight excluding hydrogens is 362 g/mol. The highest BCUT2D eigenvalue weighted by Gasteiger charge is 2.12. The summed E-state index contributed by atoms with van der Waals surface area (Å²) in [6, 6.07) is 12.3. The molecule has 0 bridgehead atoms. The first kappa shape index (κ1) is 19.2. The van der Waals surface area contributed by atoms with Crippen LogP contribution in [0.5, 0.6) is 0 Å². The van der Waals surface area contributed by atoms with Crippen molar-refractivity contribution in [2.45, 2.75) is 0 Å². The topological polar surface area (TPSA) is 111 Å². The first-order chi connectivity index (χ1) is 12.5. The van der Waals surface area contributed by atoms with E-state index in [2.05, 4.69) is 10.6 Å². The van der Waals surface area contributed by atoms with Gasteiger partial charge in [0.25, 0.3) is 11.6 Å². The van der Waals surface area contributed by atoms with Crippen LogP contribution < -0.4 is 10.6 Å². The Hall–Kier alpha value is -3.13. The average molecular weight is 378 g/mol. The number of ether oxygens (including phenoxy) is 1. The summed E-state index contributed by atoms with van der Waals surface area (Å²) in [5, 5.41) is 16.4. The van der Waals surface area contributed by atoms with E-state index in [0.29, 0.717) is 18.8 Å². The van der Waals surface area contributed by atoms with E-state index in [9.17, 15) is 19.7 Å². The fourth-order valence-corrected chi connectivity index (χ4v) is 2.21. The molecule has 0 aromatic heterocycles. The third kappa shape index (κ3) is 5.75. The predicted octanol–water partition coefficient (Wildman–Crippen LogP) is 2.63. The molecule has 0 saturated carbocycles. The van der Waals surface area contributed by atoms with Crippen molar-refractivity contribution in [2.24, 2.45) is 0 Å². The van der Waals surface area contributed by atoms with Gasteiger partial charge in [-0.2, -0.15) is 0 Å². The minimum atomic E-state index is -0.672. The van der Waals surface area contributed by atoms with Gasteiger partial charge in [-0.25, -0.2) is 4.79 Å². The molecule has 8 nitrogen and oxygen atoms in total. The first-order valence-corrected chi connectivity index (χ1v) is 8.02. The largest absolute Gasteiger partial charge is 0.452 e. The van der Waals surface area contributed by atoms with Gasteiger partial charge in [0.1, 0.15) is 0 Å². The van der Waals surface area contributed by atoms with Crippen LogP contribution in [0.1, 0.15) is 10.4 Å². The van der Waals surface area contributed by atoms with E-state index in [-0.39, 0.29) is 16.3 Å². The van der Waals surface area contributed by atoms with Crippen LogP contribution >= 0.6 is 11.6 Å². The van der Waals surface area contributed by atoms with Gasteiger partial charge in [0, 0.05) is 30.9 Å². The summed E-state index contributed by atoms with van der Waals surface area (Å²) in [6.07, 6.45) is 0. The van der Waals surface area contributed by atoms with Gasteiger partial charge in [-0.05, 0) is 24.3 Å². The maximum atomic E-state index is 11.8. The molecule has 0 heterocycles. The van der Waals surface area contributed by atoms with Gasteiger partial charge in [-0.15, -0.1) is 0 Å². The van der Waals surface area contributed by atoms with Crippen LogP contribution in [-0.4, -0.2) is 36.5 Å². The second kappa shape index (κ2) is 9.38. The van der Waals surface area contributed by atoms with E-state index in [4.69, 9.17) is 16.3 Å². The summed E-state index contributed by atoms with van der Waals surface area (Å²) in [5.74, 6) is -1.12. The number of esters is 1. The Labute approximate surface area is 154 Å². The second-order valence-corrected chi connectivity index (χ2v) is 5.54. The Morgan fingerprint density at radius 3 is 2.42 bits per heavy atom. The lowest BCUT2D eigenvalue weighted by Gasteiger charge is -2.09. The van der Waals surface area contributed by atoms with Crippen LogP contribution in [0.25, 0.3) is 0 Å². The number of nitro groups is 1. The quantitative estimate of drug-likeness (QED) is 0.316. The van der Waals surface area contributed by atoms with Crippen LogP contribution in [0, 0.1) is 10.1 Å². The van der Waals surface area contributed by atoms with E-state index in [1.807, 2.05) is 0 Å². The van der Waals surface area contributed by atoms with Crippen molar-refractivity contribution in [2.75, 3.05) is 25.0 Å². The van der Waals surface area contributed by atoms with E-state index in [1.54, 1.807) is 30.3 Å². The summed E-state index contributed by atoms with van der Waals surface area (Å²) in [5.41, 5.74) is 0.890. The Kier molecular flexibility index (Phi) is 6.92. The van der Waals surface area contributed by atoms with Gasteiger partial charge >= 0.3 is 5.97 Å². The molecule has 0 aliphatic carbocycles. The second-order valence-electron chi connectivity index (χ2n) is 5.14. The maximum Gasteiger partial charge on any atom is 0.340 e. The summed E-state index contributed by atoms with van der Waals surface area (Å²) < 4.78 is 4.90. The molecular formula is C17H16ClN3O5. The molecule has 0 spiro atoms. The fourth-order valence-electron chi connectivity index (χ4n) is 2.00. The summed E-state index contributed by atoms with van der Waals surface area (Å²) >= 11 is 5.88. The Balaban J connectivity index is 1.66. The van der Waals surface area contributed by atoms with Crippen LogP contribution in [0.2, 0.25) is 5.02 Å². The highest BCUT2D eigenvalue weighted by atomic mass is 35.5. The number of hydrogen-bond acceptors (Lipinski definition) is 6. The summed E-state index contributed by atoms with van der Waals surface area (Å²) in [4.78, 5) is 33.6. The molecule has 2 rings (SSSR count). The molecule has 9 heteroatoms. The number of nitrogens with one attached hydrogen (secondary N) is 2. The zero-order chi connectivity index (χ0) is 18.9. The summed E-state index contributed by atoms with van der Waals surface area (Å²) in [6.45, 7) is 0.281. The van der Waals surface area contributed by atoms with Crippen LogP contribution in [0.3, 0.4) is 0 Å². The lowest BCUT2D eigenvalue weighted by atomic mass is 10.2. The highest BCUT2D eigenvalue weighted by Crippen LogP contribution is 2.16. The number of anilines is 1. The number of nitrogens with zero attached hydrogens (tertiary/aromatic N) is 1. The Morgan fingerprint density at radius 1 is 1.08 bits per heavy atom. The molecule has 136 valence electrons. The Morgan fingerprint density at radius 2 is 1.77 bits per heavy atom. The van der Waals surface area contributed by atoms with Crippen molar-refractivity contribution in [3.05, 3.63) is 69.2 Å². The minimum Gasteiger partial charge on any atom is -0.452 e. The number of carbonyl (C=O) groups is 2. The van der Waals surface area contributed by atoms with Crippen LogP contribution in [-0.2, 0) is 9.53 Å². The van der Waals surface area contributed by atoms with Crippen molar-refractivity contribution in [3.63, 3.8) is 0 Å². The molecule has 0 radical (unpaired) electrons. The number of amides is 1. The third-order valence-corrected chi connectivity index (χ3v) is 3.61. The molecule has 0 fully saturated rings. The molecule has 0 aliphatic rings. The number of hydrogen-bond donors (Lipinski definition) is 2. The molecule has 2 N–H and O–H groups in total. The van der Waals surface area contributed by atoms with E-state index in [1.165, 1.54) is 18.2 Å². The number of rotatable bonds is 8. The number of non-ortho nitro benzene ring substituents is 1. The minimum absolute atomic E-state index is 0.00388. The molecule has 0 unspecified atom stereocenters. The average Bonchev–Trinajstić information content (AvgIpc) is 2.64. The fraction of sp³-hybridized carbons (Fsp3) is 0.176. The van der Waals surface area contributed by atoms with Crippen molar-refractivity contribution < 1.29 is 19.2 Å². The normalized spacial score (nSPS) is 10.0. The maximum absolute atomic E-state index is 11.8. The van der Waals surface area contributed by atoms with Crippen molar-refractivity contribution in [1.29, 1.82) is 0 Å². The molecule has 26 heavy (non-hydrogen) atoms. The lowest BCUT2D eigenvalue weighted by molar-refractivity contribution is -0.384. The van der Waals surface area contributed by atoms with Gasteiger partial charge in [-0.3, -0.25) is 14.9 Å². The molecule has 0 saturated heterocycles. The van der Waals surface area contributed by atoms with Gasteiger partial charge < -0.3 is 15.4 Å². The van der Waals surface area contributed by atoms with E-state index >= 15 is 0 Å². The molecule has 2 aromatic carbocycles. The monoisotopic (exact) mass is 377 g/mol. The lowest BCUT2D eigenvalue weighted by Crippen LogP contribution is -2.32. The molecule has 0 aliphatic heterocycles. The Bertz CT molecular complexity index is 795. The van der Waals surface area contributed by atoms with Crippen molar-refractivity contribution in [1.82, 2.24) is 5.32 Å². The van der Waals surface area contributed by atoms with Crippen LogP contribution in [0.4, 0.5) is 11.4 Å². The number of nitro benzene ring substituents is 1. The predicted molar refractivity (Wildman–Crippen MR) is 96.3 cm³/mol. The van der Waals surface area contributed by atoms with Crippen molar-refractivity contribution >= 4 is 34.9 Å². The van der Waals surface area contributed by atoms with E-state index in [0.717, 1.165) is 0 Å². The molecule has 0 atom stereocenters. The number of halogens is 1. The molecule has 1 amide bonds. The first-order valence-electron chi connectivity index (χ1n) is 7.64. The SMILES string of the molecule is O=C(COC(=O)c1ccccc1Cl)NCCNc1ccc([N+](=O)[O-])cc1. The zero-order valence-corrected chi connectivity index (χ0v) is 14.4. The highest BCUT2D eigenvalue weighted by molar-refractivity contribution is 6.33. The van der Waals surface area contributed by atoms with Gasteiger partial charge in [0.2, 0.25) is 0 Å². The molecule has 2 aromatic rings. The van der Waals surface area contributed by atoms with Crippen LogP contribution in [0.15, 0.2) is 48.5 Å². The van der Waals surface area contributed by atoms with Gasteiger partial charge in [0.15, 0.2) is 6.61 Å². The standard InChI is InChI=1S/C17H16ClN3O5/c18-15-4-2-1-3-14(15)17(23)26-11-16(22)20-10-9-19-12-5-7-13(8-6-12)21(24)25/h1-8,19H,9-11H2,(H,20,22). The van der Waals surface area contributed by atoms with Gasteiger partial charge in [-0.1, -0.05) is 23.7 Å². The number of carbonyl (C=O) groups excluding carboxylic acids is 2. The smallest absolute Gasteiger partial charge is 0.340 e. The van der Waals surface area contributed by atoms with Crippen molar-refractivity contribution in [3.8, 4) is 0 Å². The third-order valence-electron chi connectivity index (χ3n) is 3.28.